The summed E-state index contributed by atoms with van der Waals surface area (Å²) >= 11 is 6.05. The Balaban J connectivity index is 1.89. The zero-order valence-corrected chi connectivity index (χ0v) is 15.2. The number of aromatic nitrogens is 1. The van der Waals surface area contributed by atoms with Crippen molar-refractivity contribution in [3.8, 4) is 5.75 Å². The number of hydrogen-bond donors (Lipinski definition) is 1. The number of aliphatic imine (C=N–C) groups is 1. The molecule has 0 saturated heterocycles. The van der Waals surface area contributed by atoms with Gasteiger partial charge in [0.15, 0.2) is 0 Å². The van der Waals surface area contributed by atoms with Crippen molar-refractivity contribution in [3.63, 3.8) is 0 Å². The molecule has 0 fully saturated rings. The van der Waals surface area contributed by atoms with Crippen LogP contribution in [0, 0.1) is 0 Å². The minimum atomic E-state index is -4.67. The van der Waals surface area contributed by atoms with Gasteiger partial charge in [-0.05, 0) is 36.4 Å². The van der Waals surface area contributed by atoms with Gasteiger partial charge in [0, 0.05) is 17.6 Å². The SMILES string of the molecule is NC(=CC(COc1ccc2cccnc2c1)=Nc1ccccc1Cl)C(F)(F)F. The molecule has 144 valence electrons. The van der Waals surface area contributed by atoms with Gasteiger partial charge in [-0.15, -0.1) is 0 Å². The zero-order chi connectivity index (χ0) is 20.1. The van der Waals surface area contributed by atoms with Crippen LogP contribution in [-0.4, -0.2) is 23.5 Å². The third kappa shape index (κ3) is 5.01. The molecule has 0 aliphatic carbocycles. The molecule has 4 nitrogen and oxygen atoms in total. The van der Waals surface area contributed by atoms with E-state index in [2.05, 4.69) is 9.98 Å². The van der Waals surface area contributed by atoms with Gasteiger partial charge in [-0.25, -0.2) is 4.99 Å². The summed E-state index contributed by atoms with van der Waals surface area (Å²) in [6, 6.07) is 15.4. The molecule has 0 unspecified atom stereocenters. The molecule has 0 aliphatic rings. The van der Waals surface area contributed by atoms with Crippen molar-refractivity contribution in [2.75, 3.05) is 6.61 Å². The Morgan fingerprint density at radius 2 is 1.93 bits per heavy atom. The standard InChI is InChI=1S/C20H15ClF3N3O/c21-16-5-1-2-6-17(16)27-14(10-19(25)20(22,23)24)12-28-15-8-7-13-4-3-9-26-18(13)11-15/h1-11H,12,25H2. The lowest BCUT2D eigenvalue weighted by molar-refractivity contribution is -0.0925. The van der Waals surface area contributed by atoms with Gasteiger partial charge >= 0.3 is 6.18 Å². The molecular weight excluding hydrogens is 391 g/mol. The fraction of sp³-hybridized carbons (Fsp3) is 0.100. The van der Waals surface area contributed by atoms with Crippen molar-refractivity contribution in [1.82, 2.24) is 4.98 Å². The van der Waals surface area contributed by atoms with Crippen molar-refractivity contribution in [1.29, 1.82) is 0 Å². The number of allylic oxidation sites excluding steroid dienone is 1. The van der Waals surface area contributed by atoms with E-state index in [1.165, 1.54) is 0 Å². The summed E-state index contributed by atoms with van der Waals surface area (Å²) < 4.78 is 44.1. The number of ether oxygens (including phenoxy) is 1. The van der Waals surface area contributed by atoms with Crippen LogP contribution in [0.4, 0.5) is 18.9 Å². The van der Waals surface area contributed by atoms with Gasteiger partial charge in [0.05, 0.1) is 21.9 Å². The first-order valence-electron chi connectivity index (χ1n) is 8.17. The second-order valence-corrected chi connectivity index (χ2v) is 6.21. The van der Waals surface area contributed by atoms with E-state index in [0.717, 1.165) is 11.5 Å². The Hall–Kier alpha value is -3.06. The second kappa shape index (κ2) is 8.31. The lowest BCUT2D eigenvalue weighted by Gasteiger charge is -2.10. The number of alkyl halides is 3. The predicted molar refractivity (Wildman–Crippen MR) is 104 cm³/mol. The molecule has 0 bridgehead atoms. The molecule has 0 saturated carbocycles. The van der Waals surface area contributed by atoms with E-state index in [1.54, 1.807) is 42.6 Å². The van der Waals surface area contributed by atoms with Gasteiger partial charge in [-0.1, -0.05) is 29.8 Å². The van der Waals surface area contributed by atoms with Gasteiger partial charge in [0.25, 0.3) is 0 Å². The molecule has 1 heterocycles. The lowest BCUT2D eigenvalue weighted by Crippen LogP contribution is -2.22. The molecule has 0 amide bonds. The van der Waals surface area contributed by atoms with E-state index in [4.69, 9.17) is 22.1 Å². The van der Waals surface area contributed by atoms with E-state index in [1.807, 2.05) is 18.2 Å². The largest absolute Gasteiger partial charge is 0.487 e. The monoisotopic (exact) mass is 405 g/mol. The maximum Gasteiger partial charge on any atom is 0.430 e. The molecule has 8 heteroatoms. The van der Waals surface area contributed by atoms with Crippen LogP contribution in [0.3, 0.4) is 0 Å². The number of para-hydroxylation sites is 1. The quantitative estimate of drug-likeness (QED) is 0.574. The highest BCUT2D eigenvalue weighted by Crippen LogP contribution is 2.26. The van der Waals surface area contributed by atoms with E-state index >= 15 is 0 Å². The van der Waals surface area contributed by atoms with E-state index in [-0.39, 0.29) is 12.3 Å². The number of hydrogen-bond acceptors (Lipinski definition) is 4. The smallest absolute Gasteiger partial charge is 0.430 e. The Morgan fingerprint density at radius 1 is 1.14 bits per heavy atom. The molecule has 1 aromatic heterocycles. The van der Waals surface area contributed by atoms with Gasteiger partial charge in [0.2, 0.25) is 0 Å². The number of pyridine rings is 1. The zero-order valence-electron chi connectivity index (χ0n) is 14.4. The highest BCUT2D eigenvalue weighted by atomic mass is 35.5. The van der Waals surface area contributed by atoms with Gasteiger partial charge in [-0.3, -0.25) is 4.98 Å². The molecule has 0 aliphatic heterocycles. The Bertz CT molecular complexity index is 1050. The van der Waals surface area contributed by atoms with Crippen LogP contribution in [0.5, 0.6) is 5.75 Å². The summed E-state index contributed by atoms with van der Waals surface area (Å²) in [5.74, 6) is 0.442. The second-order valence-electron chi connectivity index (χ2n) is 5.80. The van der Waals surface area contributed by atoms with Gasteiger partial charge in [-0.2, -0.15) is 13.2 Å². The molecular formula is C20H15ClF3N3O. The first-order valence-corrected chi connectivity index (χ1v) is 8.55. The third-order valence-corrected chi connectivity index (χ3v) is 4.05. The van der Waals surface area contributed by atoms with Gasteiger partial charge in [0.1, 0.15) is 18.1 Å². The number of benzene rings is 2. The number of nitrogens with zero attached hydrogens (tertiary/aromatic N) is 2. The summed E-state index contributed by atoms with van der Waals surface area (Å²) in [5, 5.41) is 1.22. The summed E-state index contributed by atoms with van der Waals surface area (Å²) in [6.45, 7) is -0.236. The van der Waals surface area contributed by atoms with Crippen LogP contribution in [0.1, 0.15) is 0 Å². The van der Waals surface area contributed by atoms with Crippen molar-refractivity contribution < 1.29 is 17.9 Å². The molecule has 3 aromatic rings. The summed E-state index contributed by atoms with van der Waals surface area (Å²) in [6.07, 6.45) is -2.29. The van der Waals surface area contributed by atoms with E-state index < -0.39 is 11.9 Å². The highest BCUT2D eigenvalue weighted by molar-refractivity contribution is 6.33. The highest BCUT2D eigenvalue weighted by Gasteiger charge is 2.31. The topological polar surface area (TPSA) is 60.5 Å². The predicted octanol–water partition coefficient (Wildman–Crippen LogP) is 5.44. The number of halogens is 4. The number of nitrogens with two attached hydrogens (primary N) is 1. The lowest BCUT2D eigenvalue weighted by atomic mass is 10.2. The summed E-state index contributed by atoms with van der Waals surface area (Å²) in [7, 11) is 0. The summed E-state index contributed by atoms with van der Waals surface area (Å²) in [4.78, 5) is 8.40. The van der Waals surface area contributed by atoms with Crippen molar-refractivity contribution in [2.24, 2.45) is 10.7 Å². The summed E-state index contributed by atoms with van der Waals surface area (Å²) in [5.41, 5.74) is 4.86. The average molecular weight is 406 g/mol. The fourth-order valence-electron chi connectivity index (χ4n) is 2.36. The Labute approximate surface area is 164 Å². The molecule has 0 radical (unpaired) electrons. The first-order chi connectivity index (χ1) is 13.3. The maximum absolute atomic E-state index is 12.8. The molecule has 2 aromatic carbocycles. The molecule has 28 heavy (non-hydrogen) atoms. The Kier molecular flexibility index (Phi) is 5.84. The molecule has 2 N–H and O–H groups in total. The van der Waals surface area contributed by atoms with Crippen LogP contribution in [-0.2, 0) is 0 Å². The maximum atomic E-state index is 12.8. The van der Waals surface area contributed by atoms with Crippen LogP contribution in [0.15, 0.2) is 77.6 Å². The number of rotatable bonds is 5. The fourth-order valence-corrected chi connectivity index (χ4v) is 2.54. The van der Waals surface area contributed by atoms with Crippen LogP contribution in [0.2, 0.25) is 5.02 Å². The minimum Gasteiger partial charge on any atom is -0.487 e. The average Bonchev–Trinajstić information content (AvgIpc) is 2.67. The van der Waals surface area contributed by atoms with Crippen molar-refractivity contribution >= 4 is 33.9 Å². The van der Waals surface area contributed by atoms with Crippen LogP contribution in [0.25, 0.3) is 10.9 Å². The molecule has 3 rings (SSSR count). The number of fused-ring (bicyclic) bond motifs is 1. The van der Waals surface area contributed by atoms with Crippen molar-refractivity contribution in [3.05, 3.63) is 77.6 Å². The first kappa shape index (κ1) is 19.7. The molecule has 0 atom stereocenters. The normalized spacial score (nSPS) is 13.0. The Morgan fingerprint density at radius 3 is 2.68 bits per heavy atom. The van der Waals surface area contributed by atoms with Crippen LogP contribution >= 0.6 is 11.6 Å². The van der Waals surface area contributed by atoms with Crippen LogP contribution < -0.4 is 10.5 Å². The van der Waals surface area contributed by atoms with E-state index in [0.29, 0.717) is 22.0 Å². The van der Waals surface area contributed by atoms with Gasteiger partial charge < -0.3 is 10.5 Å². The van der Waals surface area contributed by atoms with E-state index in [9.17, 15) is 13.2 Å². The van der Waals surface area contributed by atoms with Crippen molar-refractivity contribution in [2.45, 2.75) is 6.18 Å². The minimum absolute atomic E-state index is 0.0240. The molecule has 0 spiro atoms. The third-order valence-electron chi connectivity index (χ3n) is 3.73.